The van der Waals surface area contributed by atoms with E-state index in [0.717, 1.165) is 12.2 Å². The van der Waals surface area contributed by atoms with Crippen LogP contribution in [0.5, 0.6) is 11.5 Å². The Morgan fingerprint density at radius 1 is 0.950 bits per heavy atom. The lowest BCUT2D eigenvalue weighted by Gasteiger charge is -2.10. The second kappa shape index (κ2) is 7.56. The molecule has 0 bridgehead atoms. The summed E-state index contributed by atoms with van der Waals surface area (Å²) in [6.45, 7) is 1.02. The van der Waals surface area contributed by atoms with E-state index in [1.165, 1.54) is 0 Å². The van der Waals surface area contributed by atoms with Crippen LogP contribution in [0.4, 0.5) is 0 Å². The number of aldehydes is 1. The zero-order valence-corrected chi connectivity index (χ0v) is 11.7. The summed E-state index contributed by atoms with van der Waals surface area (Å²) in [4.78, 5) is 10.9. The van der Waals surface area contributed by atoms with Gasteiger partial charge in [0.05, 0.1) is 23.8 Å². The third-order valence-corrected chi connectivity index (χ3v) is 3.02. The van der Waals surface area contributed by atoms with Gasteiger partial charge in [0.25, 0.3) is 0 Å². The highest BCUT2D eigenvalue weighted by atomic mass is 35.5. The zero-order chi connectivity index (χ0) is 14.2. The van der Waals surface area contributed by atoms with Gasteiger partial charge >= 0.3 is 0 Å². The van der Waals surface area contributed by atoms with E-state index in [2.05, 4.69) is 0 Å². The molecule has 0 saturated heterocycles. The average molecular weight is 291 g/mol. The molecule has 0 aliphatic rings. The Hall–Kier alpha value is -2.00. The van der Waals surface area contributed by atoms with E-state index >= 15 is 0 Å². The maximum Gasteiger partial charge on any atom is 0.155 e. The summed E-state index contributed by atoms with van der Waals surface area (Å²) in [7, 11) is 0. The minimum atomic E-state index is 0.387. The third kappa shape index (κ3) is 4.00. The molecule has 20 heavy (non-hydrogen) atoms. The molecule has 3 nitrogen and oxygen atoms in total. The summed E-state index contributed by atoms with van der Waals surface area (Å²) >= 11 is 5.91. The molecule has 0 aromatic heterocycles. The second-order valence-electron chi connectivity index (χ2n) is 4.13. The minimum Gasteiger partial charge on any atom is -0.493 e. The highest BCUT2D eigenvalue weighted by Crippen LogP contribution is 2.24. The summed E-state index contributed by atoms with van der Waals surface area (Å²) in [5.74, 6) is 1.34. The Labute approximate surface area is 123 Å². The molecule has 0 radical (unpaired) electrons. The van der Waals surface area contributed by atoms with Crippen molar-refractivity contribution >= 4 is 17.9 Å². The van der Waals surface area contributed by atoms with Crippen molar-refractivity contribution in [3.05, 3.63) is 59.1 Å². The van der Waals surface area contributed by atoms with Gasteiger partial charge in [0.1, 0.15) is 11.5 Å². The van der Waals surface area contributed by atoms with Gasteiger partial charge in [-0.15, -0.1) is 0 Å². The molecule has 0 spiro atoms. The number of carbonyl (C=O) groups is 1. The van der Waals surface area contributed by atoms with Crippen LogP contribution in [0, 0.1) is 0 Å². The van der Waals surface area contributed by atoms with E-state index in [9.17, 15) is 4.79 Å². The van der Waals surface area contributed by atoms with Crippen LogP contribution < -0.4 is 9.47 Å². The smallest absolute Gasteiger partial charge is 0.155 e. The topological polar surface area (TPSA) is 35.5 Å². The third-order valence-electron chi connectivity index (χ3n) is 2.69. The zero-order valence-electron chi connectivity index (χ0n) is 10.9. The van der Waals surface area contributed by atoms with E-state index < -0.39 is 0 Å². The van der Waals surface area contributed by atoms with Crippen molar-refractivity contribution in [2.24, 2.45) is 0 Å². The number of hydrogen-bond acceptors (Lipinski definition) is 3. The summed E-state index contributed by atoms with van der Waals surface area (Å²) in [6, 6.07) is 14.7. The summed E-state index contributed by atoms with van der Waals surface area (Å²) < 4.78 is 11.1. The lowest BCUT2D eigenvalue weighted by atomic mass is 10.2. The number of rotatable bonds is 7. The van der Waals surface area contributed by atoms with Gasteiger partial charge in [0.15, 0.2) is 6.29 Å². The van der Waals surface area contributed by atoms with Crippen LogP contribution in [0.1, 0.15) is 16.8 Å². The lowest BCUT2D eigenvalue weighted by molar-refractivity contribution is 0.111. The molecule has 0 unspecified atom stereocenters. The van der Waals surface area contributed by atoms with Gasteiger partial charge in [0, 0.05) is 6.42 Å². The molecular formula is C16H15ClO3. The molecule has 2 aromatic carbocycles. The quantitative estimate of drug-likeness (QED) is 0.571. The summed E-state index contributed by atoms with van der Waals surface area (Å²) in [5.41, 5.74) is 0.387. The van der Waals surface area contributed by atoms with Gasteiger partial charge in [-0.1, -0.05) is 35.9 Å². The molecule has 0 aliphatic carbocycles. The van der Waals surface area contributed by atoms with Gasteiger partial charge < -0.3 is 9.47 Å². The fourth-order valence-corrected chi connectivity index (χ4v) is 1.92. The van der Waals surface area contributed by atoms with Crippen LogP contribution in [-0.2, 0) is 0 Å². The molecule has 0 fully saturated rings. The van der Waals surface area contributed by atoms with Crippen molar-refractivity contribution < 1.29 is 14.3 Å². The van der Waals surface area contributed by atoms with Gasteiger partial charge in [-0.25, -0.2) is 0 Å². The van der Waals surface area contributed by atoms with Crippen LogP contribution in [0.3, 0.4) is 0 Å². The van der Waals surface area contributed by atoms with Crippen molar-refractivity contribution in [1.29, 1.82) is 0 Å². The Kier molecular flexibility index (Phi) is 5.44. The van der Waals surface area contributed by atoms with Crippen molar-refractivity contribution in [1.82, 2.24) is 0 Å². The molecule has 0 amide bonds. The van der Waals surface area contributed by atoms with Crippen molar-refractivity contribution in [2.75, 3.05) is 13.2 Å². The Bertz CT molecular complexity index is 555. The molecule has 0 aliphatic heterocycles. The highest BCUT2D eigenvalue weighted by Gasteiger charge is 2.06. The number of hydrogen-bond donors (Lipinski definition) is 0. The van der Waals surface area contributed by atoms with Crippen LogP contribution in [0.2, 0.25) is 5.02 Å². The van der Waals surface area contributed by atoms with Gasteiger partial charge in [0.2, 0.25) is 0 Å². The molecule has 0 heterocycles. The largest absolute Gasteiger partial charge is 0.493 e. The monoisotopic (exact) mass is 290 g/mol. The molecule has 2 aromatic rings. The number of benzene rings is 2. The van der Waals surface area contributed by atoms with Crippen molar-refractivity contribution in [2.45, 2.75) is 6.42 Å². The number of ether oxygens (including phenoxy) is 2. The molecule has 0 N–H and O–H groups in total. The van der Waals surface area contributed by atoms with Crippen LogP contribution in [0.15, 0.2) is 48.5 Å². The molecule has 104 valence electrons. The van der Waals surface area contributed by atoms with Crippen molar-refractivity contribution in [3.8, 4) is 11.5 Å². The molecular weight excluding hydrogens is 276 g/mol. The standard InChI is InChI=1S/C16H15ClO3/c17-15-8-4-9-16(14(15)12-18)20-11-5-10-19-13-6-2-1-3-7-13/h1-4,6-9,12H,5,10-11H2. The predicted octanol–water partition coefficient (Wildman–Crippen LogP) is 4.00. The maximum absolute atomic E-state index is 10.9. The maximum atomic E-state index is 10.9. The first-order valence-electron chi connectivity index (χ1n) is 6.35. The van der Waals surface area contributed by atoms with Gasteiger partial charge in [-0.05, 0) is 24.3 Å². The van der Waals surface area contributed by atoms with E-state index in [1.807, 2.05) is 30.3 Å². The first kappa shape index (κ1) is 14.4. The predicted molar refractivity (Wildman–Crippen MR) is 78.9 cm³/mol. The number of halogens is 1. The number of carbonyl (C=O) groups excluding carboxylic acids is 1. The van der Waals surface area contributed by atoms with Gasteiger partial charge in [-0.2, -0.15) is 0 Å². The number of para-hydroxylation sites is 1. The molecule has 0 atom stereocenters. The highest BCUT2D eigenvalue weighted by molar-refractivity contribution is 6.33. The van der Waals surface area contributed by atoms with Crippen LogP contribution in [0.25, 0.3) is 0 Å². The van der Waals surface area contributed by atoms with Crippen molar-refractivity contribution in [3.63, 3.8) is 0 Å². The van der Waals surface area contributed by atoms with Crippen LogP contribution in [-0.4, -0.2) is 19.5 Å². The summed E-state index contributed by atoms with van der Waals surface area (Å²) in [6.07, 6.45) is 1.43. The Morgan fingerprint density at radius 2 is 1.70 bits per heavy atom. The van der Waals surface area contributed by atoms with E-state index in [0.29, 0.717) is 35.8 Å². The first-order valence-corrected chi connectivity index (χ1v) is 6.73. The summed E-state index contributed by atoms with van der Waals surface area (Å²) in [5, 5.41) is 0.401. The lowest BCUT2D eigenvalue weighted by Crippen LogP contribution is -2.06. The van der Waals surface area contributed by atoms with E-state index in [1.54, 1.807) is 18.2 Å². The minimum absolute atomic E-state index is 0.387. The molecule has 2 rings (SSSR count). The Balaban J connectivity index is 1.76. The average Bonchev–Trinajstić information content (AvgIpc) is 2.48. The van der Waals surface area contributed by atoms with Gasteiger partial charge in [-0.3, -0.25) is 4.79 Å². The first-order chi connectivity index (χ1) is 9.81. The fraction of sp³-hybridized carbons (Fsp3) is 0.188. The van der Waals surface area contributed by atoms with E-state index in [4.69, 9.17) is 21.1 Å². The molecule has 4 heteroatoms. The SMILES string of the molecule is O=Cc1c(Cl)cccc1OCCCOc1ccccc1. The normalized spacial score (nSPS) is 10.1. The fourth-order valence-electron chi connectivity index (χ4n) is 1.71. The second-order valence-corrected chi connectivity index (χ2v) is 4.54. The molecule has 0 saturated carbocycles. The van der Waals surface area contributed by atoms with E-state index in [-0.39, 0.29) is 0 Å². The Morgan fingerprint density at radius 3 is 2.45 bits per heavy atom. The van der Waals surface area contributed by atoms with Crippen LogP contribution >= 0.6 is 11.6 Å².